The molecular weight excluding hydrogens is 538 g/mol. The number of rotatable bonds is 9. The van der Waals surface area contributed by atoms with Crippen LogP contribution >= 0.6 is 11.6 Å². The van der Waals surface area contributed by atoms with Crippen molar-refractivity contribution in [3.8, 4) is 6.07 Å². The Hall–Kier alpha value is -4.05. The molecule has 0 saturated carbocycles. The lowest BCUT2D eigenvalue weighted by atomic mass is 9.75. The Bertz CT molecular complexity index is 1320. The standard InChI is InChI=1S/C27H30ClN7O5/c28-20-8-17(7-19(10-20)27(16-29)2-5-40-6-3-27)23(1-4-36)35-24(38)15-31-25(39)18-9-21(12-30-11-18)34-26-32-13-22(37)14-33-26/h4,7-12,22-23,37H,1-3,5-6,13-15H2,(H,31,39)(H,35,38)(H2,32,33,34)/t23-/m0/s1. The van der Waals surface area contributed by atoms with Crippen LogP contribution in [0, 0.1) is 11.3 Å². The van der Waals surface area contributed by atoms with Gasteiger partial charge in [-0.15, -0.1) is 0 Å². The molecule has 4 rings (SSSR count). The van der Waals surface area contributed by atoms with Gasteiger partial charge in [-0.2, -0.15) is 5.26 Å². The van der Waals surface area contributed by atoms with Crippen LogP contribution in [0.2, 0.25) is 5.02 Å². The summed E-state index contributed by atoms with van der Waals surface area (Å²) in [6, 6.07) is 8.44. The van der Waals surface area contributed by atoms with E-state index in [0.29, 0.717) is 66.7 Å². The van der Waals surface area contributed by atoms with Crippen LogP contribution in [0.15, 0.2) is 41.7 Å². The second kappa shape index (κ2) is 13.3. The number of hydrogen-bond donors (Lipinski definition) is 5. The molecule has 2 aliphatic heterocycles. The summed E-state index contributed by atoms with van der Waals surface area (Å²) in [5.41, 5.74) is 1.26. The fourth-order valence-electron chi connectivity index (χ4n) is 4.54. The molecule has 2 atom stereocenters. The molecule has 40 heavy (non-hydrogen) atoms. The molecule has 1 aromatic heterocycles. The van der Waals surface area contributed by atoms with Crippen molar-refractivity contribution in [2.24, 2.45) is 4.99 Å². The molecule has 13 heteroatoms. The van der Waals surface area contributed by atoms with Gasteiger partial charge >= 0.3 is 0 Å². The number of aliphatic hydroxyl groups is 1. The number of nitrogens with one attached hydrogen (secondary N) is 4. The van der Waals surface area contributed by atoms with E-state index in [9.17, 15) is 24.8 Å². The quantitative estimate of drug-likeness (QED) is 0.279. The fraction of sp³-hybridized carbons (Fsp3) is 0.407. The summed E-state index contributed by atoms with van der Waals surface area (Å²) in [5, 5.41) is 31.1. The van der Waals surface area contributed by atoms with Crippen LogP contribution in [0.25, 0.3) is 0 Å². The number of halogens is 1. The van der Waals surface area contributed by atoms with E-state index in [1.54, 1.807) is 24.3 Å². The van der Waals surface area contributed by atoms with Crippen molar-refractivity contribution < 1.29 is 24.2 Å². The number of ether oxygens (including phenoxy) is 1. The average molecular weight is 568 g/mol. The average Bonchev–Trinajstić information content (AvgIpc) is 2.97. The van der Waals surface area contributed by atoms with Crippen molar-refractivity contribution in [1.82, 2.24) is 20.9 Å². The third kappa shape index (κ3) is 7.32. The number of nitrogens with zero attached hydrogens (tertiary/aromatic N) is 3. The van der Waals surface area contributed by atoms with Gasteiger partial charge in [-0.3, -0.25) is 19.6 Å². The number of carbonyl (C=O) groups is 3. The van der Waals surface area contributed by atoms with Gasteiger partial charge in [0.05, 0.1) is 54.2 Å². The Balaban J connectivity index is 1.39. The van der Waals surface area contributed by atoms with Gasteiger partial charge < -0.3 is 35.9 Å². The zero-order valence-corrected chi connectivity index (χ0v) is 22.4. The van der Waals surface area contributed by atoms with Crippen LogP contribution in [0.4, 0.5) is 5.69 Å². The van der Waals surface area contributed by atoms with Crippen molar-refractivity contribution in [3.05, 3.63) is 58.4 Å². The molecule has 2 aliphatic rings. The van der Waals surface area contributed by atoms with E-state index >= 15 is 0 Å². The van der Waals surface area contributed by atoms with Crippen molar-refractivity contribution in [3.63, 3.8) is 0 Å². The molecule has 1 saturated heterocycles. The SMILES string of the molecule is N#CC1(c2cc(Cl)cc([C@H](CC=O)NC(=O)CNC(=O)c3cncc(NC4=NCC(O)CN4)c3)c2)CCOCC1. The molecule has 0 spiro atoms. The number of guanidine groups is 1. The Morgan fingerprint density at radius 2 is 2.08 bits per heavy atom. The first-order valence-corrected chi connectivity index (χ1v) is 13.2. The highest BCUT2D eigenvalue weighted by molar-refractivity contribution is 6.30. The van der Waals surface area contributed by atoms with E-state index in [1.165, 1.54) is 12.4 Å². The van der Waals surface area contributed by atoms with Crippen LogP contribution in [0.5, 0.6) is 0 Å². The van der Waals surface area contributed by atoms with Crippen LogP contribution in [-0.4, -0.2) is 73.1 Å². The Labute approximate surface area is 236 Å². The van der Waals surface area contributed by atoms with Gasteiger partial charge in [0.25, 0.3) is 5.91 Å². The second-order valence-electron chi connectivity index (χ2n) is 9.60. The van der Waals surface area contributed by atoms with Crippen LogP contribution in [0.3, 0.4) is 0 Å². The summed E-state index contributed by atoms with van der Waals surface area (Å²) >= 11 is 6.39. The second-order valence-corrected chi connectivity index (χ2v) is 10.0. The number of benzene rings is 1. The van der Waals surface area contributed by atoms with Gasteiger partial charge in [-0.25, -0.2) is 0 Å². The Morgan fingerprint density at radius 1 is 1.27 bits per heavy atom. The molecule has 1 fully saturated rings. The fourth-order valence-corrected chi connectivity index (χ4v) is 4.79. The highest BCUT2D eigenvalue weighted by Crippen LogP contribution is 2.37. The number of carbonyl (C=O) groups excluding carboxylic acids is 3. The smallest absolute Gasteiger partial charge is 0.253 e. The molecule has 0 bridgehead atoms. The lowest BCUT2D eigenvalue weighted by Crippen LogP contribution is -2.42. The summed E-state index contributed by atoms with van der Waals surface area (Å²) in [7, 11) is 0. The Morgan fingerprint density at radius 3 is 2.77 bits per heavy atom. The molecular formula is C27H30ClN7O5. The van der Waals surface area contributed by atoms with Gasteiger partial charge in [0.1, 0.15) is 6.29 Å². The zero-order valence-electron chi connectivity index (χ0n) is 21.7. The molecule has 3 heterocycles. The minimum Gasteiger partial charge on any atom is -0.389 e. The highest BCUT2D eigenvalue weighted by atomic mass is 35.5. The maximum Gasteiger partial charge on any atom is 0.253 e. The zero-order chi connectivity index (χ0) is 28.5. The number of aliphatic imine (C=N–C) groups is 1. The number of nitriles is 1. The number of aldehydes is 1. The lowest BCUT2D eigenvalue weighted by molar-refractivity contribution is -0.121. The molecule has 1 unspecified atom stereocenters. The largest absolute Gasteiger partial charge is 0.389 e. The van der Waals surface area contributed by atoms with Gasteiger partial charge in [0.15, 0.2) is 5.96 Å². The maximum atomic E-state index is 12.8. The summed E-state index contributed by atoms with van der Waals surface area (Å²) in [4.78, 5) is 45.1. The number of anilines is 1. The number of pyridine rings is 1. The molecule has 1 aromatic carbocycles. The predicted octanol–water partition coefficient (Wildman–Crippen LogP) is 1.22. The van der Waals surface area contributed by atoms with Crippen molar-refractivity contribution in [2.45, 2.75) is 36.8 Å². The summed E-state index contributed by atoms with van der Waals surface area (Å²) < 4.78 is 5.42. The van der Waals surface area contributed by atoms with E-state index in [2.05, 4.69) is 37.3 Å². The van der Waals surface area contributed by atoms with Crippen molar-refractivity contribution in [2.75, 3.05) is 38.2 Å². The number of aromatic nitrogens is 1. The summed E-state index contributed by atoms with van der Waals surface area (Å²) in [5.74, 6) is -0.580. The van der Waals surface area contributed by atoms with Gasteiger partial charge in [0, 0.05) is 37.4 Å². The van der Waals surface area contributed by atoms with Crippen LogP contribution < -0.4 is 21.3 Å². The van der Waals surface area contributed by atoms with E-state index in [-0.39, 0.29) is 25.1 Å². The molecule has 12 nitrogen and oxygen atoms in total. The van der Waals surface area contributed by atoms with Crippen molar-refractivity contribution >= 4 is 41.3 Å². The summed E-state index contributed by atoms with van der Waals surface area (Å²) in [6.45, 7) is 1.17. The number of aliphatic hydroxyl groups excluding tert-OH is 1. The minimum absolute atomic E-state index is 0.0191. The van der Waals surface area contributed by atoms with Gasteiger partial charge in [-0.05, 0) is 42.2 Å². The van der Waals surface area contributed by atoms with Gasteiger partial charge in [-0.1, -0.05) is 17.7 Å². The number of β-amino-alcohol motifs (C(OH)–C–C–N with tert-alkyl or cyclic N) is 1. The van der Waals surface area contributed by atoms with E-state index in [4.69, 9.17) is 16.3 Å². The molecule has 5 N–H and O–H groups in total. The first kappa shape index (κ1) is 28.9. The summed E-state index contributed by atoms with van der Waals surface area (Å²) in [6.07, 6.45) is 4.02. The van der Waals surface area contributed by atoms with E-state index < -0.39 is 29.4 Å². The number of hydrogen-bond acceptors (Lipinski definition) is 10. The predicted molar refractivity (Wildman–Crippen MR) is 147 cm³/mol. The molecule has 0 radical (unpaired) electrons. The third-order valence-corrected chi connectivity index (χ3v) is 6.96. The van der Waals surface area contributed by atoms with Crippen LogP contribution in [-0.2, 0) is 19.7 Å². The maximum absolute atomic E-state index is 12.8. The number of amides is 2. The third-order valence-electron chi connectivity index (χ3n) is 6.74. The molecule has 210 valence electrons. The van der Waals surface area contributed by atoms with E-state index in [0.717, 1.165) is 0 Å². The van der Waals surface area contributed by atoms with Crippen molar-refractivity contribution in [1.29, 1.82) is 5.26 Å². The molecule has 0 aliphatic carbocycles. The first-order valence-electron chi connectivity index (χ1n) is 12.8. The first-order chi connectivity index (χ1) is 19.3. The molecule has 2 amide bonds. The van der Waals surface area contributed by atoms with Crippen LogP contribution in [0.1, 0.15) is 46.8 Å². The normalized spacial score (nSPS) is 18.7. The topological polar surface area (TPSA) is 178 Å². The highest BCUT2D eigenvalue weighted by Gasteiger charge is 2.35. The van der Waals surface area contributed by atoms with E-state index in [1.807, 2.05) is 0 Å². The lowest BCUT2D eigenvalue weighted by Gasteiger charge is -2.32. The Kier molecular flexibility index (Phi) is 9.65. The molecule has 2 aromatic rings. The monoisotopic (exact) mass is 567 g/mol. The van der Waals surface area contributed by atoms with Gasteiger partial charge in [0.2, 0.25) is 5.91 Å². The minimum atomic E-state index is -0.764.